The molecule has 1 saturated heterocycles. The van der Waals surface area contributed by atoms with Crippen molar-refractivity contribution in [3.8, 4) is 0 Å². The monoisotopic (exact) mass is 393 g/mol. The van der Waals surface area contributed by atoms with Gasteiger partial charge in [0.1, 0.15) is 0 Å². The highest BCUT2D eigenvalue weighted by Crippen LogP contribution is 2.23. The van der Waals surface area contributed by atoms with Gasteiger partial charge in [-0.3, -0.25) is 14.2 Å². The molecular formula is C19H24ClN3O2S. The zero-order valence-corrected chi connectivity index (χ0v) is 16.8. The third kappa shape index (κ3) is 4.07. The average molecular weight is 394 g/mol. The molecule has 0 saturated carbocycles. The van der Waals surface area contributed by atoms with Crippen molar-refractivity contribution in [3.05, 3.63) is 33.6 Å². The van der Waals surface area contributed by atoms with E-state index in [4.69, 9.17) is 11.6 Å². The molecule has 2 heterocycles. The summed E-state index contributed by atoms with van der Waals surface area (Å²) in [5.41, 5.74) is 0.506. The molecule has 3 rings (SSSR count). The lowest BCUT2D eigenvalue weighted by Crippen LogP contribution is -2.43. The highest BCUT2D eigenvalue weighted by atomic mass is 35.5. The smallest absolute Gasteiger partial charge is 0.262 e. The lowest BCUT2D eigenvalue weighted by molar-refractivity contribution is -0.131. The van der Waals surface area contributed by atoms with Gasteiger partial charge in [0.25, 0.3) is 5.56 Å². The number of hydrogen-bond donors (Lipinski definition) is 0. The van der Waals surface area contributed by atoms with Crippen molar-refractivity contribution in [2.24, 2.45) is 0 Å². The van der Waals surface area contributed by atoms with Crippen molar-refractivity contribution in [1.82, 2.24) is 14.5 Å². The van der Waals surface area contributed by atoms with E-state index in [0.29, 0.717) is 33.4 Å². The minimum Gasteiger partial charge on any atom is -0.339 e. The Morgan fingerprint density at radius 1 is 1.38 bits per heavy atom. The first kappa shape index (κ1) is 19.2. The Balaban J connectivity index is 1.87. The second kappa shape index (κ2) is 8.44. The number of carbonyl (C=O) groups is 1. The number of halogens is 1. The highest BCUT2D eigenvalue weighted by molar-refractivity contribution is 7.99. The van der Waals surface area contributed by atoms with Crippen LogP contribution in [0.1, 0.15) is 39.5 Å². The number of hydrogen-bond acceptors (Lipinski definition) is 4. The molecule has 1 aromatic heterocycles. The first-order valence-electron chi connectivity index (χ1n) is 9.13. The van der Waals surface area contributed by atoms with Crippen LogP contribution < -0.4 is 5.56 Å². The van der Waals surface area contributed by atoms with Crippen molar-refractivity contribution in [3.63, 3.8) is 0 Å². The van der Waals surface area contributed by atoms with Crippen LogP contribution in [-0.2, 0) is 11.3 Å². The van der Waals surface area contributed by atoms with Crippen molar-refractivity contribution < 1.29 is 4.79 Å². The van der Waals surface area contributed by atoms with E-state index in [1.165, 1.54) is 18.2 Å². The van der Waals surface area contributed by atoms with Crippen LogP contribution in [0.3, 0.4) is 0 Å². The van der Waals surface area contributed by atoms with E-state index in [1.54, 1.807) is 22.8 Å². The fraction of sp³-hybridized carbons (Fsp3) is 0.526. The van der Waals surface area contributed by atoms with Gasteiger partial charge in [-0.2, -0.15) is 0 Å². The number of fused-ring (bicyclic) bond motifs is 1. The fourth-order valence-electron chi connectivity index (χ4n) is 3.38. The van der Waals surface area contributed by atoms with E-state index in [0.717, 1.165) is 25.8 Å². The maximum Gasteiger partial charge on any atom is 0.262 e. The summed E-state index contributed by atoms with van der Waals surface area (Å²) in [5.74, 6) is 0.415. The van der Waals surface area contributed by atoms with E-state index in [1.807, 2.05) is 11.8 Å². The van der Waals surface area contributed by atoms with Crippen molar-refractivity contribution in [2.45, 2.75) is 57.3 Å². The summed E-state index contributed by atoms with van der Waals surface area (Å²) in [6, 6.07) is 5.41. The zero-order valence-electron chi connectivity index (χ0n) is 15.2. The number of amides is 1. The lowest BCUT2D eigenvalue weighted by atomic mass is 10.0. The molecule has 0 unspecified atom stereocenters. The summed E-state index contributed by atoms with van der Waals surface area (Å²) < 4.78 is 1.67. The second-order valence-corrected chi connectivity index (χ2v) is 8.11. The standard InChI is InChI=1S/C19H24ClN3O2S/c1-3-9-23-18(25)15-8-7-14(20)11-16(15)21-19(23)26-12-17(24)22-10-5-4-6-13(22)2/h7-8,11,13H,3-6,9-10,12H2,1-2H3/t13-/m0/s1. The Morgan fingerprint density at radius 3 is 2.92 bits per heavy atom. The molecule has 5 nitrogen and oxygen atoms in total. The second-order valence-electron chi connectivity index (χ2n) is 6.73. The van der Waals surface area contributed by atoms with E-state index in [-0.39, 0.29) is 17.5 Å². The normalized spacial score (nSPS) is 17.7. The SMILES string of the molecule is CCCn1c(SCC(=O)N2CCCC[C@@H]2C)nc2cc(Cl)ccc2c1=O. The van der Waals surface area contributed by atoms with Gasteiger partial charge < -0.3 is 4.90 Å². The molecule has 26 heavy (non-hydrogen) atoms. The number of carbonyl (C=O) groups excluding carboxylic acids is 1. The molecule has 0 spiro atoms. The van der Waals surface area contributed by atoms with Gasteiger partial charge in [-0.15, -0.1) is 0 Å². The zero-order chi connectivity index (χ0) is 18.7. The van der Waals surface area contributed by atoms with Gasteiger partial charge in [0.15, 0.2) is 5.16 Å². The Kier molecular flexibility index (Phi) is 6.24. The van der Waals surface area contributed by atoms with Crippen LogP contribution in [0.15, 0.2) is 28.2 Å². The molecule has 1 aliphatic rings. The van der Waals surface area contributed by atoms with E-state index < -0.39 is 0 Å². The Bertz CT molecular complexity index is 868. The summed E-state index contributed by atoms with van der Waals surface area (Å²) in [4.78, 5) is 32.0. The molecule has 1 fully saturated rings. The maximum absolute atomic E-state index is 12.8. The van der Waals surface area contributed by atoms with Gasteiger partial charge in [-0.25, -0.2) is 4.98 Å². The van der Waals surface area contributed by atoms with Crippen LogP contribution in [0.25, 0.3) is 10.9 Å². The van der Waals surface area contributed by atoms with Crippen LogP contribution in [-0.4, -0.2) is 38.7 Å². The van der Waals surface area contributed by atoms with E-state index in [2.05, 4.69) is 11.9 Å². The number of thioether (sulfide) groups is 1. The van der Waals surface area contributed by atoms with E-state index in [9.17, 15) is 9.59 Å². The molecule has 1 amide bonds. The quantitative estimate of drug-likeness (QED) is 0.570. The molecule has 0 bridgehead atoms. The fourth-order valence-corrected chi connectivity index (χ4v) is 4.46. The number of benzene rings is 1. The molecule has 0 radical (unpaired) electrons. The topological polar surface area (TPSA) is 55.2 Å². The summed E-state index contributed by atoms with van der Waals surface area (Å²) >= 11 is 7.40. The van der Waals surface area contributed by atoms with Crippen molar-refractivity contribution in [1.29, 1.82) is 0 Å². The highest BCUT2D eigenvalue weighted by Gasteiger charge is 2.23. The summed E-state index contributed by atoms with van der Waals surface area (Å²) in [6.07, 6.45) is 4.13. The summed E-state index contributed by atoms with van der Waals surface area (Å²) in [7, 11) is 0. The molecule has 1 atom stereocenters. The molecular weight excluding hydrogens is 370 g/mol. The average Bonchev–Trinajstić information content (AvgIpc) is 2.62. The molecule has 0 aliphatic carbocycles. The largest absolute Gasteiger partial charge is 0.339 e. The minimum atomic E-state index is -0.0743. The number of likely N-dealkylation sites (tertiary alicyclic amines) is 1. The van der Waals surface area contributed by atoms with Gasteiger partial charge >= 0.3 is 0 Å². The third-order valence-electron chi connectivity index (χ3n) is 4.78. The van der Waals surface area contributed by atoms with Crippen LogP contribution in [0.2, 0.25) is 5.02 Å². The molecule has 140 valence electrons. The maximum atomic E-state index is 12.8. The minimum absolute atomic E-state index is 0.0743. The predicted molar refractivity (Wildman–Crippen MR) is 107 cm³/mol. The summed E-state index contributed by atoms with van der Waals surface area (Å²) in [5, 5.41) is 1.69. The number of aromatic nitrogens is 2. The van der Waals surface area contributed by atoms with E-state index >= 15 is 0 Å². The summed E-state index contributed by atoms with van der Waals surface area (Å²) in [6.45, 7) is 5.53. The lowest BCUT2D eigenvalue weighted by Gasteiger charge is -2.33. The molecule has 7 heteroatoms. The molecule has 2 aromatic rings. The third-order valence-corrected chi connectivity index (χ3v) is 5.97. The number of nitrogens with zero attached hydrogens (tertiary/aromatic N) is 3. The van der Waals surface area contributed by atoms with Gasteiger partial charge in [0.2, 0.25) is 5.91 Å². The van der Waals surface area contributed by atoms with Crippen molar-refractivity contribution >= 4 is 40.2 Å². The van der Waals surface area contributed by atoms with Crippen LogP contribution in [0.5, 0.6) is 0 Å². The van der Waals surface area contributed by atoms with Gasteiger partial charge in [0, 0.05) is 24.2 Å². The number of piperidine rings is 1. The van der Waals surface area contributed by atoms with Crippen LogP contribution in [0.4, 0.5) is 0 Å². The number of rotatable bonds is 5. The Morgan fingerprint density at radius 2 is 2.19 bits per heavy atom. The first-order chi connectivity index (χ1) is 12.5. The molecule has 1 aliphatic heterocycles. The van der Waals surface area contributed by atoms with Gasteiger partial charge in [0.05, 0.1) is 16.7 Å². The molecule has 1 aromatic carbocycles. The van der Waals surface area contributed by atoms with Crippen LogP contribution >= 0.6 is 23.4 Å². The van der Waals surface area contributed by atoms with Gasteiger partial charge in [-0.05, 0) is 50.8 Å². The van der Waals surface area contributed by atoms with Crippen LogP contribution in [0, 0.1) is 0 Å². The Labute approximate surface area is 162 Å². The first-order valence-corrected chi connectivity index (χ1v) is 10.5. The van der Waals surface area contributed by atoms with Crippen molar-refractivity contribution in [2.75, 3.05) is 12.3 Å². The molecule has 0 N–H and O–H groups in total. The van der Waals surface area contributed by atoms with Gasteiger partial charge in [-0.1, -0.05) is 30.3 Å². The predicted octanol–water partition coefficient (Wildman–Crippen LogP) is 3.95. The Hall–Kier alpha value is -1.53.